The number of halogens is 2. The molecule has 0 saturated heterocycles. The Bertz CT molecular complexity index is 948. The molecule has 120 valence electrons. The smallest absolute Gasteiger partial charge is 0.214 e. The van der Waals surface area contributed by atoms with Gasteiger partial charge in [-0.1, -0.05) is 70.9 Å². The molecule has 4 nitrogen and oxygen atoms in total. The summed E-state index contributed by atoms with van der Waals surface area (Å²) in [4.78, 5) is 0. The van der Waals surface area contributed by atoms with Gasteiger partial charge in [0.2, 0.25) is 5.16 Å². The molecule has 1 N–H and O–H groups in total. The molecule has 0 saturated carbocycles. The largest absolute Gasteiger partial charge is 0.289 e. The van der Waals surface area contributed by atoms with Crippen LogP contribution >= 0.6 is 35.0 Å². The summed E-state index contributed by atoms with van der Waals surface area (Å²) < 4.78 is 1.88. The minimum absolute atomic E-state index is 0.523. The highest BCUT2D eigenvalue weighted by Gasteiger charge is 2.19. The molecule has 0 spiro atoms. The summed E-state index contributed by atoms with van der Waals surface area (Å²) in [6, 6.07) is 13.7. The van der Waals surface area contributed by atoms with Gasteiger partial charge in [-0.25, -0.2) is 4.68 Å². The molecule has 0 amide bonds. The average molecular weight is 375 g/mol. The molecule has 1 aromatic heterocycles. The summed E-state index contributed by atoms with van der Waals surface area (Å²) in [7, 11) is 0. The molecular weight excluding hydrogens is 363 g/mol. The minimum atomic E-state index is 0.523. The lowest BCUT2D eigenvalue weighted by Gasteiger charge is -2.19. The predicted molar refractivity (Wildman–Crippen MR) is 99.9 cm³/mol. The van der Waals surface area contributed by atoms with Gasteiger partial charge in [-0.15, -0.1) is 10.2 Å². The molecule has 2 aromatic carbocycles. The second-order valence-electron chi connectivity index (χ2n) is 5.40. The number of thioether (sulfide) groups is 1. The molecule has 2 heterocycles. The van der Waals surface area contributed by atoms with Crippen molar-refractivity contribution in [2.45, 2.75) is 12.1 Å². The topological polar surface area (TPSA) is 42.7 Å². The van der Waals surface area contributed by atoms with E-state index in [2.05, 4.69) is 34.7 Å². The molecule has 0 fully saturated rings. The van der Waals surface area contributed by atoms with Gasteiger partial charge in [-0.3, -0.25) is 5.43 Å². The van der Waals surface area contributed by atoms with Crippen molar-refractivity contribution < 1.29 is 0 Å². The van der Waals surface area contributed by atoms with Crippen LogP contribution in [0, 0.1) is 6.92 Å². The van der Waals surface area contributed by atoms with Crippen LogP contribution in [0.4, 0.5) is 0 Å². The third-order valence-electron chi connectivity index (χ3n) is 3.69. The van der Waals surface area contributed by atoms with Crippen molar-refractivity contribution in [1.82, 2.24) is 14.9 Å². The lowest BCUT2D eigenvalue weighted by Crippen LogP contribution is -2.18. The first-order valence-electron chi connectivity index (χ1n) is 7.23. The third kappa shape index (κ3) is 2.79. The van der Waals surface area contributed by atoms with Crippen molar-refractivity contribution in [3.63, 3.8) is 0 Å². The monoisotopic (exact) mass is 374 g/mol. The van der Waals surface area contributed by atoms with Crippen LogP contribution in [0.1, 0.15) is 11.1 Å². The minimum Gasteiger partial charge on any atom is -0.289 e. The molecule has 1 aliphatic rings. The quantitative estimate of drug-likeness (QED) is 0.668. The molecule has 0 unspecified atom stereocenters. The van der Waals surface area contributed by atoms with Gasteiger partial charge < -0.3 is 0 Å². The Labute approximate surface area is 153 Å². The summed E-state index contributed by atoms with van der Waals surface area (Å²) in [6.45, 7) is 2.06. The number of nitrogens with one attached hydrogen (secondary N) is 1. The normalized spacial score (nSPS) is 13.2. The Hall–Kier alpha value is -1.95. The average Bonchev–Trinajstić information content (AvgIpc) is 3.01. The maximum Gasteiger partial charge on any atom is 0.214 e. The van der Waals surface area contributed by atoms with E-state index in [-0.39, 0.29) is 0 Å². The highest BCUT2D eigenvalue weighted by atomic mass is 35.5. The number of aryl methyl sites for hydroxylation is 1. The van der Waals surface area contributed by atoms with Crippen LogP contribution in [0.5, 0.6) is 0 Å². The number of nitrogens with zero attached hydrogens (tertiary/aromatic N) is 3. The first kappa shape index (κ1) is 15.6. The SMILES string of the molecule is Cc1ccc(-c2nnc3n2NC(c2ccc(Cl)c(Cl)c2)=CS3)cc1. The predicted octanol–water partition coefficient (Wildman–Crippen LogP) is 5.21. The van der Waals surface area contributed by atoms with Crippen molar-refractivity contribution in [2.24, 2.45) is 0 Å². The van der Waals surface area contributed by atoms with Crippen molar-refractivity contribution in [3.05, 3.63) is 69.0 Å². The molecular formula is C17H12Cl2N4S. The highest BCUT2D eigenvalue weighted by molar-refractivity contribution is 8.02. The standard InChI is InChI=1S/C17H12Cl2N4S/c1-10-2-4-11(5-3-10)16-20-21-17-23(16)22-15(9-24-17)12-6-7-13(18)14(19)8-12/h2-9,22H,1H3. The number of rotatable bonds is 2. The number of fused-ring (bicyclic) bond motifs is 1. The number of hydrogen-bond donors (Lipinski definition) is 1. The third-order valence-corrected chi connectivity index (χ3v) is 5.26. The summed E-state index contributed by atoms with van der Waals surface area (Å²) in [5.74, 6) is 0.767. The van der Waals surface area contributed by atoms with Crippen molar-refractivity contribution in [2.75, 3.05) is 5.43 Å². The first-order chi connectivity index (χ1) is 11.6. The van der Waals surface area contributed by atoms with Crippen LogP contribution in [0.15, 0.2) is 53.0 Å². The maximum absolute atomic E-state index is 6.13. The Morgan fingerprint density at radius 1 is 0.958 bits per heavy atom. The van der Waals surface area contributed by atoms with Crippen LogP contribution < -0.4 is 5.43 Å². The molecule has 3 aromatic rings. The summed E-state index contributed by atoms with van der Waals surface area (Å²) in [5, 5.41) is 12.4. The fourth-order valence-electron chi connectivity index (χ4n) is 2.39. The Morgan fingerprint density at radius 2 is 1.71 bits per heavy atom. The number of benzene rings is 2. The molecule has 0 bridgehead atoms. The van der Waals surface area contributed by atoms with Crippen LogP contribution in [0.2, 0.25) is 10.0 Å². The van der Waals surface area contributed by atoms with Crippen LogP contribution in [-0.4, -0.2) is 14.9 Å². The summed E-state index contributed by atoms with van der Waals surface area (Å²) >= 11 is 13.6. The summed E-state index contributed by atoms with van der Waals surface area (Å²) in [6.07, 6.45) is 0. The van der Waals surface area contributed by atoms with Gasteiger partial charge in [-0.05, 0) is 19.1 Å². The second kappa shape index (κ2) is 6.16. The zero-order valence-electron chi connectivity index (χ0n) is 12.6. The van der Waals surface area contributed by atoms with Gasteiger partial charge in [0.1, 0.15) is 0 Å². The fraction of sp³-hybridized carbons (Fsp3) is 0.0588. The summed E-state index contributed by atoms with van der Waals surface area (Å²) in [5.41, 5.74) is 7.43. The van der Waals surface area contributed by atoms with Crippen LogP contribution in [0.3, 0.4) is 0 Å². The van der Waals surface area contributed by atoms with E-state index in [1.165, 1.54) is 17.3 Å². The van der Waals surface area contributed by atoms with Gasteiger partial charge in [-0.2, -0.15) is 0 Å². The molecule has 0 atom stereocenters. The maximum atomic E-state index is 6.13. The van der Waals surface area contributed by atoms with E-state index in [0.717, 1.165) is 27.8 Å². The second-order valence-corrected chi connectivity index (χ2v) is 7.05. The van der Waals surface area contributed by atoms with Gasteiger partial charge in [0.25, 0.3) is 0 Å². The molecule has 0 radical (unpaired) electrons. The van der Waals surface area contributed by atoms with E-state index in [9.17, 15) is 0 Å². The Balaban J connectivity index is 1.70. The zero-order chi connectivity index (χ0) is 16.7. The van der Waals surface area contributed by atoms with Crippen molar-refractivity contribution in [3.8, 4) is 11.4 Å². The van der Waals surface area contributed by atoms with E-state index in [0.29, 0.717) is 10.0 Å². The molecule has 1 aliphatic heterocycles. The Kier molecular flexibility index (Phi) is 4.00. The number of hydrogen-bond acceptors (Lipinski definition) is 4. The lowest BCUT2D eigenvalue weighted by molar-refractivity contribution is 0.826. The van der Waals surface area contributed by atoms with Crippen LogP contribution in [0.25, 0.3) is 17.1 Å². The van der Waals surface area contributed by atoms with Gasteiger partial charge >= 0.3 is 0 Å². The van der Waals surface area contributed by atoms with E-state index in [4.69, 9.17) is 23.2 Å². The van der Waals surface area contributed by atoms with Crippen molar-refractivity contribution in [1.29, 1.82) is 0 Å². The molecule has 4 rings (SSSR count). The Morgan fingerprint density at radius 3 is 2.46 bits per heavy atom. The molecule has 7 heteroatoms. The van der Waals surface area contributed by atoms with Crippen molar-refractivity contribution >= 4 is 40.7 Å². The zero-order valence-corrected chi connectivity index (χ0v) is 15.0. The van der Waals surface area contributed by atoms with Gasteiger partial charge in [0.15, 0.2) is 5.82 Å². The molecule has 0 aliphatic carbocycles. The van der Waals surface area contributed by atoms with E-state index >= 15 is 0 Å². The van der Waals surface area contributed by atoms with Crippen LogP contribution in [-0.2, 0) is 0 Å². The first-order valence-corrected chi connectivity index (χ1v) is 8.87. The highest BCUT2D eigenvalue weighted by Crippen LogP contribution is 2.33. The van der Waals surface area contributed by atoms with E-state index in [1.807, 2.05) is 34.3 Å². The number of aromatic nitrogens is 3. The molecule has 24 heavy (non-hydrogen) atoms. The fourth-order valence-corrected chi connectivity index (χ4v) is 3.43. The van der Waals surface area contributed by atoms with Gasteiger partial charge in [0, 0.05) is 16.5 Å². The van der Waals surface area contributed by atoms with Gasteiger partial charge in [0.05, 0.1) is 15.7 Å². The lowest BCUT2D eigenvalue weighted by atomic mass is 10.1. The van der Waals surface area contributed by atoms with E-state index in [1.54, 1.807) is 6.07 Å². The van der Waals surface area contributed by atoms with E-state index < -0.39 is 0 Å².